The summed E-state index contributed by atoms with van der Waals surface area (Å²) in [6, 6.07) is 7.77. The first-order valence-electron chi connectivity index (χ1n) is 10.4. The molecule has 1 aliphatic rings. The van der Waals surface area contributed by atoms with Crippen molar-refractivity contribution < 1.29 is 40.3 Å². The van der Waals surface area contributed by atoms with Crippen LogP contribution in [0.1, 0.15) is 10.4 Å². The smallest absolute Gasteiger partial charge is 0.475 e. The summed E-state index contributed by atoms with van der Waals surface area (Å²) in [6.45, 7) is 0.0939. The molecule has 210 valence electrons. The standard InChI is InChI=1S/C20H17ClF2N4O2S3.C2HF3O2/c1-30-20-17(7-16(31-20)19(24)25)32(28,29)10-5-12(21)18-15(6-10)27(9-26-18)8-11-13(22)3-2-4-14(11)23;3-2(4,5)1(6)7/h2-7,26H,8-9H2,1H3,(H3,24,25);(H,6,7). The molecule has 1 aliphatic heterocycles. The van der Waals surface area contributed by atoms with Gasteiger partial charge in [-0.15, -0.1) is 23.1 Å². The quantitative estimate of drug-likeness (QED) is 0.121. The van der Waals surface area contributed by atoms with E-state index in [4.69, 9.17) is 32.6 Å². The van der Waals surface area contributed by atoms with Crippen LogP contribution in [-0.2, 0) is 21.2 Å². The molecular weight excluding hydrogens is 611 g/mol. The third kappa shape index (κ3) is 6.57. The molecule has 39 heavy (non-hydrogen) atoms. The summed E-state index contributed by atoms with van der Waals surface area (Å²) in [5, 5.41) is 18.0. The predicted molar refractivity (Wildman–Crippen MR) is 139 cm³/mol. The zero-order chi connectivity index (χ0) is 29.3. The van der Waals surface area contributed by atoms with E-state index >= 15 is 0 Å². The fourth-order valence-electron chi connectivity index (χ4n) is 3.37. The number of amidine groups is 1. The van der Waals surface area contributed by atoms with Crippen LogP contribution < -0.4 is 16.0 Å². The summed E-state index contributed by atoms with van der Waals surface area (Å²) in [7, 11) is -4.00. The number of anilines is 2. The summed E-state index contributed by atoms with van der Waals surface area (Å²) in [4.78, 5) is 10.8. The van der Waals surface area contributed by atoms with Crippen molar-refractivity contribution in [1.82, 2.24) is 0 Å². The second-order valence-corrected chi connectivity index (χ2v) is 12.2. The molecule has 0 atom stereocenters. The van der Waals surface area contributed by atoms with E-state index in [0.717, 1.165) is 11.3 Å². The maximum absolute atomic E-state index is 14.2. The molecule has 0 unspecified atom stereocenters. The number of hydrogen-bond donors (Lipinski definition) is 4. The van der Waals surface area contributed by atoms with Crippen LogP contribution in [0.2, 0.25) is 5.02 Å². The molecule has 2 aromatic carbocycles. The van der Waals surface area contributed by atoms with Crippen LogP contribution in [0, 0.1) is 17.0 Å². The van der Waals surface area contributed by atoms with Crippen molar-refractivity contribution in [3.05, 3.63) is 63.5 Å². The van der Waals surface area contributed by atoms with Crippen molar-refractivity contribution in [3.63, 3.8) is 0 Å². The molecule has 0 spiro atoms. The zero-order valence-corrected chi connectivity index (χ0v) is 22.8. The van der Waals surface area contributed by atoms with Crippen LogP contribution in [0.25, 0.3) is 0 Å². The van der Waals surface area contributed by atoms with E-state index in [1.54, 1.807) is 11.2 Å². The topological polar surface area (TPSA) is 137 Å². The van der Waals surface area contributed by atoms with Crippen LogP contribution in [-0.4, -0.2) is 44.4 Å². The largest absolute Gasteiger partial charge is 0.490 e. The molecule has 1 aromatic heterocycles. The molecule has 0 saturated heterocycles. The predicted octanol–water partition coefficient (Wildman–Crippen LogP) is 5.54. The minimum Gasteiger partial charge on any atom is -0.475 e. The number of rotatable bonds is 6. The number of sulfone groups is 1. The Morgan fingerprint density at radius 1 is 1.26 bits per heavy atom. The van der Waals surface area contributed by atoms with Gasteiger partial charge in [-0.25, -0.2) is 22.0 Å². The van der Waals surface area contributed by atoms with Gasteiger partial charge in [-0.3, -0.25) is 5.41 Å². The number of aliphatic carboxylic acids is 1. The van der Waals surface area contributed by atoms with Crippen LogP contribution >= 0.6 is 34.7 Å². The van der Waals surface area contributed by atoms with Gasteiger partial charge in [-0.2, -0.15) is 13.2 Å². The fourth-order valence-corrected chi connectivity index (χ4v) is 7.62. The van der Waals surface area contributed by atoms with Crippen LogP contribution in [0.5, 0.6) is 0 Å². The molecule has 0 aliphatic carbocycles. The van der Waals surface area contributed by atoms with Gasteiger partial charge in [0.05, 0.1) is 48.5 Å². The molecule has 2 heterocycles. The van der Waals surface area contributed by atoms with E-state index in [2.05, 4.69) is 5.32 Å². The molecule has 4 rings (SSSR count). The van der Waals surface area contributed by atoms with Gasteiger partial charge in [0, 0.05) is 5.56 Å². The van der Waals surface area contributed by atoms with Gasteiger partial charge in [0.15, 0.2) is 0 Å². The van der Waals surface area contributed by atoms with Crippen molar-refractivity contribution in [2.45, 2.75) is 26.7 Å². The monoisotopic (exact) mass is 628 g/mol. The van der Waals surface area contributed by atoms with Gasteiger partial charge in [-0.1, -0.05) is 17.7 Å². The second-order valence-electron chi connectivity index (χ2n) is 7.72. The average Bonchev–Trinajstić information content (AvgIpc) is 3.46. The van der Waals surface area contributed by atoms with E-state index in [1.165, 1.54) is 48.2 Å². The first-order valence-corrected chi connectivity index (χ1v) is 14.3. The van der Waals surface area contributed by atoms with E-state index in [9.17, 15) is 30.4 Å². The number of hydrogen-bond acceptors (Lipinski definition) is 8. The molecule has 0 bridgehead atoms. The Morgan fingerprint density at radius 3 is 2.36 bits per heavy atom. The number of nitrogens with one attached hydrogen (secondary N) is 2. The van der Waals surface area contributed by atoms with Crippen molar-refractivity contribution in [3.8, 4) is 0 Å². The summed E-state index contributed by atoms with van der Waals surface area (Å²) in [6.07, 6.45) is -3.35. The lowest BCUT2D eigenvalue weighted by molar-refractivity contribution is -0.192. The van der Waals surface area contributed by atoms with Crippen molar-refractivity contribution in [1.29, 1.82) is 5.41 Å². The molecule has 0 amide bonds. The number of nitrogen functional groups attached to an aromatic ring is 1. The molecule has 3 aromatic rings. The molecule has 0 saturated carbocycles. The van der Waals surface area contributed by atoms with Crippen molar-refractivity contribution >= 4 is 67.7 Å². The average molecular weight is 629 g/mol. The van der Waals surface area contributed by atoms with E-state index < -0.39 is 33.6 Å². The van der Waals surface area contributed by atoms with Crippen LogP contribution in [0.15, 0.2) is 50.4 Å². The summed E-state index contributed by atoms with van der Waals surface area (Å²) in [5.74, 6) is -4.35. The van der Waals surface area contributed by atoms with E-state index in [0.29, 0.717) is 20.5 Å². The lowest BCUT2D eigenvalue weighted by atomic mass is 10.1. The first kappa shape index (κ1) is 30.5. The number of thioether (sulfide) groups is 1. The lowest BCUT2D eigenvalue weighted by Crippen LogP contribution is -2.23. The molecule has 8 nitrogen and oxygen atoms in total. The van der Waals surface area contributed by atoms with Crippen LogP contribution in [0.4, 0.5) is 33.3 Å². The van der Waals surface area contributed by atoms with Gasteiger partial charge in [0.25, 0.3) is 0 Å². The number of thiophene rings is 1. The Bertz CT molecular complexity index is 1530. The Hall–Kier alpha value is -3.08. The van der Waals surface area contributed by atoms with Gasteiger partial charge in [0.2, 0.25) is 9.84 Å². The minimum absolute atomic E-state index is 0.0360. The number of carboxylic acid groups (broad SMARTS) is 1. The zero-order valence-electron chi connectivity index (χ0n) is 19.6. The Kier molecular flexibility index (Phi) is 9.04. The fraction of sp³-hybridized carbons (Fsp3) is 0.182. The molecule has 0 radical (unpaired) electrons. The lowest BCUT2D eigenvalue weighted by Gasteiger charge is -2.19. The third-order valence-electron chi connectivity index (χ3n) is 5.20. The van der Waals surface area contributed by atoms with Crippen molar-refractivity contribution in [2.24, 2.45) is 5.73 Å². The van der Waals surface area contributed by atoms with Gasteiger partial charge < -0.3 is 21.1 Å². The Morgan fingerprint density at radius 2 is 1.85 bits per heavy atom. The maximum atomic E-state index is 14.2. The normalized spacial score (nSPS) is 12.8. The Balaban J connectivity index is 0.000000532. The summed E-state index contributed by atoms with van der Waals surface area (Å²) >= 11 is 8.73. The molecular formula is C22H18ClF5N4O4S3. The summed E-state index contributed by atoms with van der Waals surface area (Å²) in [5.41, 5.74) is 6.32. The maximum Gasteiger partial charge on any atom is 0.490 e. The number of benzene rings is 2. The van der Waals surface area contributed by atoms with Gasteiger partial charge >= 0.3 is 12.1 Å². The van der Waals surface area contributed by atoms with Crippen LogP contribution in [0.3, 0.4) is 0 Å². The first-order chi connectivity index (χ1) is 18.1. The highest BCUT2D eigenvalue weighted by Gasteiger charge is 2.38. The molecule has 0 fully saturated rings. The third-order valence-corrected chi connectivity index (χ3v) is 9.82. The number of fused-ring (bicyclic) bond motifs is 1. The molecule has 5 N–H and O–H groups in total. The number of nitrogens with two attached hydrogens (primary N) is 1. The SMILES string of the molecule is CSc1sc(C(=N)N)cc1S(=O)(=O)c1cc(Cl)c2c(c1)N(Cc1c(F)cccc1F)CN2.O=C(O)C(F)(F)F. The Labute approximate surface area is 232 Å². The second kappa shape index (κ2) is 11.6. The summed E-state index contributed by atoms with van der Waals surface area (Å²) < 4.78 is 87.4. The van der Waals surface area contributed by atoms with Gasteiger partial charge in [0.1, 0.15) is 17.5 Å². The number of halogens is 6. The van der Waals surface area contributed by atoms with Gasteiger partial charge in [-0.05, 0) is 36.6 Å². The number of alkyl halides is 3. The number of carboxylic acids is 1. The highest BCUT2D eigenvalue weighted by molar-refractivity contribution is 8.01. The van der Waals surface area contributed by atoms with E-state index in [-0.39, 0.29) is 39.4 Å². The highest BCUT2D eigenvalue weighted by atomic mass is 35.5. The highest BCUT2D eigenvalue weighted by Crippen LogP contribution is 2.43. The molecule has 17 heteroatoms. The number of carbonyl (C=O) groups is 1. The van der Waals surface area contributed by atoms with E-state index in [1.807, 2.05) is 0 Å². The number of nitrogens with zero attached hydrogens (tertiary/aromatic N) is 1. The minimum atomic E-state index is -5.08. The van der Waals surface area contributed by atoms with Crippen molar-refractivity contribution in [2.75, 3.05) is 23.1 Å².